The van der Waals surface area contributed by atoms with Crippen LogP contribution in [0.4, 0.5) is 0 Å². The first-order valence-corrected chi connectivity index (χ1v) is 10.2. The van der Waals surface area contributed by atoms with E-state index in [1.54, 1.807) is 18.2 Å². The Hall–Kier alpha value is -2.49. The molecule has 1 amide bonds. The second kappa shape index (κ2) is 8.68. The van der Waals surface area contributed by atoms with Gasteiger partial charge in [0.15, 0.2) is 11.5 Å². The number of carbonyl (C=O) groups is 1. The van der Waals surface area contributed by atoms with Crippen molar-refractivity contribution in [3.63, 3.8) is 0 Å². The predicted molar refractivity (Wildman–Crippen MR) is 102 cm³/mol. The number of nitrogens with zero attached hydrogens (tertiary/aromatic N) is 1. The van der Waals surface area contributed by atoms with Crippen LogP contribution in [0.1, 0.15) is 0 Å². The Morgan fingerprint density at radius 3 is 2.64 bits per heavy atom. The van der Waals surface area contributed by atoms with Gasteiger partial charge in [-0.1, -0.05) is 11.6 Å². The van der Waals surface area contributed by atoms with Crippen LogP contribution in [0.2, 0.25) is 5.02 Å². The number of amides is 1. The van der Waals surface area contributed by atoms with E-state index in [1.165, 1.54) is 31.3 Å². The van der Waals surface area contributed by atoms with Crippen LogP contribution in [-0.2, 0) is 14.8 Å². The molecule has 0 atom stereocenters. The number of likely N-dealkylation sites (N-methyl/N-ethyl adjacent to an activating group) is 1. The van der Waals surface area contributed by atoms with Crippen LogP contribution >= 0.6 is 11.6 Å². The van der Waals surface area contributed by atoms with Crippen LogP contribution in [-0.4, -0.2) is 52.2 Å². The van der Waals surface area contributed by atoms with E-state index >= 15 is 0 Å². The summed E-state index contributed by atoms with van der Waals surface area (Å²) in [7, 11) is -2.43. The maximum absolute atomic E-state index is 12.4. The predicted octanol–water partition coefficient (Wildman–Crippen LogP) is 1.88. The Bertz CT molecular complexity index is 949. The number of ether oxygens (including phenoxy) is 3. The van der Waals surface area contributed by atoms with Gasteiger partial charge in [-0.2, -0.15) is 4.31 Å². The molecule has 10 heteroatoms. The molecule has 2 aromatic rings. The van der Waals surface area contributed by atoms with Gasteiger partial charge in [-0.15, -0.1) is 0 Å². The van der Waals surface area contributed by atoms with Crippen LogP contribution in [0.25, 0.3) is 0 Å². The van der Waals surface area contributed by atoms with Gasteiger partial charge < -0.3 is 19.5 Å². The molecule has 0 aromatic heterocycles. The SMILES string of the molecule is CN(CC(=O)NCCOc1ccc2c(c1)OCO2)S(=O)(=O)c1ccc(Cl)cc1. The quantitative estimate of drug-likeness (QED) is 0.648. The highest BCUT2D eigenvalue weighted by atomic mass is 35.5. The van der Waals surface area contributed by atoms with Crippen molar-refractivity contribution in [1.29, 1.82) is 0 Å². The second-order valence-corrected chi connectivity index (χ2v) is 8.41. The Kier molecular flexibility index (Phi) is 6.28. The monoisotopic (exact) mass is 426 g/mol. The lowest BCUT2D eigenvalue weighted by Gasteiger charge is -2.17. The van der Waals surface area contributed by atoms with Gasteiger partial charge in [0.05, 0.1) is 18.0 Å². The lowest BCUT2D eigenvalue weighted by atomic mass is 10.3. The molecule has 0 unspecified atom stereocenters. The second-order valence-electron chi connectivity index (χ2n) is 5.93. The number of halogens is 1. The maximum Gasteiger partial charge on any atom is 0.243 e. The summed E-state index contributed by atoms with van der Waals surface area (Å²) in [5.41, 5.74) is 0. The maximum atomic E-state index is 12.4. The third kappa shape index (κ3) is 4.86. The fraction of sp³-hybridized carbons (Fsp3) is 0.278. The molecule has 0 aliphatic carbocycles. The zero-order valence-electron chi connectivity index (χ0n) is 15.1. The molecule has 0 fully saturated rings. The summed E-state index contributed by atoms with van der Waals surface area (Å²) in [5.74, 6) is 1.41. The summed E-state index contributed by atoms with van der Waals surface area (Å²) in [5, 5.41) is 3.05. The average Bonchev–Trinajstić information content (AvgIpc) is 3.13. The van der Waals surface area contributed by atoms with E-state index in [1.807, 2.05) is 0 Å². The van der Waals surface area contributed by atoms with Crippen LogP contribution < -0.4 is 19.5 Å². The van der Waals surface area contributed by atoms with E-state index in [-0.39, 0.29) is 31.4 Å². The first kappa shape index (κ1) is 20.2. The molecule has 2 aromatic carbocycles. The topological polar surface area (TPSA) is 94.2 Å². The summed E-state index contributed by atoms with van der Waals surface area (Å²) >= 11 is 5.77. The Balaban J connectivity index is 1.44. The van der Waals surface area contributed by atoms with Crippen molar-refractivity contribution in [2.45, 2.75) is 4.90 Å². The van der Waals surface area contributed by atoms with Crippen LogP contribution in [0, 0.1) is 0 Å². The zero-order chi connectivity index (χ0) is 20.1. The minimum atomic E-state index is -3.77. The van der Waals surface area contributed by atoms with E-state index in [0.717, 1.165) is 4.31 Å². The van der Waals surface area contributed by atoms with Crippen molar-refractivity contribution < 1.29 is 27.4 Å². The van der Waals surface area contributed by atoms with E-state index < -0.39 is 15.9 Å². The van der Waals surface area contributed by atoms with E-state index in [2.05, 4.69) is 5.32 Å². The normalized spacial score (nSPS) is 12.8. The van der Waals surface area contributed by atoms with E-state index in [0.29, 0.717) is 22.3 Å². The molecular formula is C18H19ClN2O6S. The number of nitrogens with one attached hydrogen (secondary N) is 1. The van der Waals surface area contributed by atoms with Crippen molar-refractivity contribution in [3.05, 3.63) is 47.5 Å². The molecule has 1 N–H and O–H groups in total. The molecule has 1 heterocycles. The lowest BCUT2D eigenvalue weighted by Crippen LogP contribution is -2.39. The van der Waals surface area contributed by atoms with Gasteiger partial charge in [-0.05, 0) is 36.4 Å². The molecule has 0 radical (unpaired) electrons. The van der Waals surface area contributed by atoms with Crippen LogP contribution in [0.15, 0.2) is 47.4 Å². The van der Waals surface area contributed by atoms with Gasteiger partial charge in [0.1, 0.15) is 12.4 Å². The molecular weight excluding hydrogens is 408 g/mol. The summed E-state index contributed by atoms with van der Waals surface area (Å²) in [4.78, 5) is 12.1. The highest BCUT2D eigenvalue weighted by molar-refractivity contribution is 7.89. The third-order valence-electron chi connectivity index (χ3n) is 3.93. The third-order valence-corrected chi connectivity index (χ3v) is 5.99. The minimum absolute atomic E-state index is 0.0679. The molecule has 0 saturated carbocycles. The van der Waals surface area contributed by atoms with Gasteiger partial charge in [0.2, 0.25) is 22.7 Å². The summed E-state index contributed by atoms with van der Waals surface area (Å²) in [6.07, 6.45) is 0. The molecule has 3 rings (SSSR count). The largest absolute Gasteiger partial charge is 0.492 e. The summed E-state index contributed by atoms with van der Waals surface area (Å²) in [6.45, 7) is 0.317. The van der Waals surface area contributed by atoms with Gasteiger partial charge in [-0.3, -0.25) is 4.79 Å². The van der Waals surface area contributed by atoms with Gasteiger partial charge in [0.25, 0.3) is 0 Å². The average molecular weight is 427 g/mol. The fourth-order valence-electron chi connectivity index (χ4n) is 2.46. The molecule has 28 heavy (non-hydrogen) atoms. The van der Waals surface area contributed by atoms with Crippen molar-refractivity contribution in [1.82, 2.24) is 9.62 Å². The molecule has 1 aliphatic heterocycles. The van der Waals surface area contributed by atoms with E-state index in [9.17, 15) is 13.2 Å². The molecule has 1 aliphatic rings. The fourth-order valence-corrected chi connectivity index (χ4v) is 3.71. The van der Waals surface area contributed by atoms with E-state index in [4.69, 9.17) is 25.8 Å². The molecule has 0 bridgehead atoms. The summed E-state index contributed by atoms with van der Waals surface area (Å²) < 4.78 is 41.9. The highest BCUT2D eigenvalue weighted by Crippen LogP contribution is 2.34. The van der Waals surface area contributed by atoms with Gasteiger partial charge in [-0.25, -0.2) is 8.42 Å². The smallest absolute Gasteiger partial charge is 0.243 e. The van der Waals surface area contributed by atoms with Crippen molar-refractivity contribution in [2.24, 2.45) is 0 Å². The standard InChI is InChI=1S/C18H19ClN2O6S/c1-21(28(23,24)15-5-2-13(19)3-6-15)11-18(22)20-8-9-25-14-4-7-16-17(10-14)27-12-26-16/h2-7,10H,8-9,11-12H2,1H3,(H,20,22). The van der Waals surface area contributed by atoms with Crippen LogP contribution in [0.3, 0.4) is 0 Å². The Morgan fingerprint density at radius 1 is 1.18 bits per heavy atom. The van der Waals surface area contributed by atoms with Crippen molar-refractivity contribution in [3.8, 4) is 17.2 Å². The van der Waals surface area contributed by atoms with Crippen molar-refractivity contribution >= 4 is 27.5 Å². The van der Waals surface area contributed by atoms with Crippen LogP contribution in [0.5, 0.6) is 17.2 Å². The Labute approximate surface area is 168 Å². The number of benzene rings is 2. The first-order valence-electron chi connectivity index (χ1n) is 8.37. The van der Waals surface area contributed by atoms with Gasteiger partial charge in [0, 0.05) is 18.1 Å². The number of rotatable bonds is 8. The number of fused-ring (bicyclic) bond motifs is 1. The number of hydrogen-bond acceptors (Lipinski definition) is 6. The molecule has 0 spiro atoms. The number of sulfonamides is 1. The Morgan fingerprint density at radius 2 is 1.89 bits per heavy atom. The molecule has 150 valence electrons. The summed E-state index contributed by atoms with van der Waals surface area (Å²) in [6, 6.07) is 10.9. The number of hydrogen-bond donors (Lipinski definition) is 1. The molecule has 8 nitrogen and oxygen atoms in total. The minimum Gasteiger partial charge on any atom is -0.492 e. The van der Waals surface area contributed by atoms with Gasteiger partial charge >= 0.3 is 0 Å². The number of carbonyl (C=O) groups excluding carboxylic acids is 1. The molecule has 0 saturated heterocycles. The lowest BCUT2D eigenvalue weighted by molar-refractivity contribution is -0.121. The highest BCUT2D eigenvalue weighted by Gasteiger charge is 2.22. The first-order chi connectivity index (χ1) is 13.4. The zero-order valence-corrected chi connectivity index (χ0v) is 16.6. The van der Waals surface area contributed by atoms with Crippen molar-refractivity contribution in [2.75, 3.05) is 33.5 Å².